The molecule has 0 unspecified atom stereocenters. The first-order valence-corrected chi connectivity index (χ1v) is 10.7. The third kappa shape index (κ3) is 4.58. The molecule has 0 aliphatic carbocycles. The molecule has 0 saturated carbocycles. The Bertz CT molecular complexity index is 778. The van der Waals surface area contributed by atoms with Gasteiger partial charge in [-0.1, -0.05) is 44.2 Å². The molecule has 1 heterocycles. The summed E-state index contributed by atoms with van der Waals surface area (Å²) >= 11 is 5.77. The number of aryl methyl sites for hydroxylation is 2. The lowest BCUT2D eigenvalue weighted by Crippen LogP contribution is -2.50. The SMILES string of the molecule is CCOc1ccccc1N1CCN(C(=S)Nc2c(CC)cccc2CC)CC1. The number of hydrogen-bond donors (Lipinski definition) is 1. The Morgan fingerprint density at radius 3 is 2.18 bits per heavy atom. The van der Waals surface area contributed by atoms with E-state index >= 15 is 0 Å². The van der Waals surface area contributed by atoms with Gasteiger partial charge in [0.1, 0.15) is 5.75 Å². The van der Waals surface area contributed by atoms with Gasteiger partial charge >= 0.3 is 0 Å². The Hall–Kier alpha value is -2.27. The number of rotatable bonds is 6. The number of nitrogens with one attached hydrogen (secondary N) is 1. The number of ether oxygens (including phenoxy) is 1. The Balaban J connectivity index is 1.65. The van der Waals surface area contributed by atoms with E-state index in [-0.39, 0.29) is 0 Å². The molecule has 1 N–H and O–H groups in total. The monoisotopic (exact) mass is 397 g/mol. The molecule has 1 saturated heterocycles. The van der Waals surface area contributed by atoms with Crippen LogP contribution in [0, 0.1) is 0 Å². The van der Waals surface area contributed by atoms with Crippen LogP contribution in [0.3, 0.4) is 0 Å². The van der Waals surface area contributed by atoms with Crippen LogP contribution in [0.15, 0.2) is 42.5 Å². The summed E-state index contributed by atoms with van der Waals surface area (Å²) in [4.78, 5) is 4.67. The second-order valence-electron chi connectivity index (χ2n) is 6.96. The maximum Gasteiger partial charge on any atom is 0.173 e. The van der Waals surface area contributed by atoms with E-state index in [0.29, 0.717) is 6.61 Å². The first-order chi connectivity index (χ1) is 13.7. The van der Waals surface area contributed by atoms with Crippen LogP contribution in [0.4, 0.5) is 11.4 Å². The zero-order chi connectivity index (χ0) is 19.9. The molecular weight excluding hydrogens is 366 g/mol. The summed E-state index contributed by atoms with van der Waals surface area (Å²) in [7, 11) is 0. The third-order valence-electron chi connectivity index (χ3n) is 5.30. The van der Waals surface area contributed by atoms with Gasteiger partial charge in [-0.2, -0.15) is 0 Å². The third-order valence-corrected chi connectivity index (χ3v) is 5.66. The van der Waals surface area contributed by atoms with Crippen LogP contribution in [0.5, 0.6) is 5.75 Å². The highest BCUT2D eigenvalue weighted by Gasteiger charge is 2.22. The van der Waals surface area contributed by atoms with E-state index in [1.807, 2.05) is 19.1 Å². The van der Waals surface area contributed by atoms with Gasteiger partial charge in [0.25, 0.3) is 0 Å². The van der Waals surface area contributed by atoms with Crippen molar-refractivity contribution in [1.82, 2.24) is 4.90 Å². The molecule has 28 heavy (non-hydrogen) atoms. The van der Waals surface area contributed by atoms with Crippen molar-refractivity contribution >= 4 is 28.7 Å². The number of hydrogen-bond acceptors (Lipinski definition) is 3. The molecule has 0 spiro atoms. The fourth-order valence-electron chi connectivity index (χ4n) is 3.74. The van der Waals surface area contributed by atoms with E-state index in [2.05, 4.69) is 59.3 Å². The highest BCUT2D eigenvalue weighted by Crippen LogP contribution is 2.29. The van der Waals surface area contributed by atoms with E-state index < -0.39 is 0 Å². The van der Waals surface area contributed by atoms with Crippen molar-refractivity contribution in [3.63, 3.8) is 0 Å². The lowest BCUT2D eigenvalue weighted by atomic mass is 10.0. The van der Waals surface area contributed by atoms with E-state index in [0.717, 1.165) is 49.9 Å². The molecule has 4 nitrogen and oxygen atoms in total. The average molecular weight is 398 g/mol. The summed E-state index contributed by atoms with van der Waals surface area (Å²) < 4.78 is 5.80. The molecule has 1 aliphatic heterocycles. The van der Waals surface area contributed by atoms with Crippen molar-refractivity contribution in [2.75, 3.05) is 43.0 Å². The molecular formula is C23H31N3OS. The number of benzene rings is 2. The number of thiocarbonyl (C=S) groups is 1. The minimum absolute atomic E-state index is 0.682. The molecule has 0 atom stereocenters. The second kappa shape index (κ2) is 9.78. The van der Waals surface area contributed by atoms with Crippen molar-refractivity contribution in [2.24, 2.45) is 0 Å². The summed E-state index contributed by atoms with van der Waals surface area (Å²) in [6, 6.07) is 14.8. The molecule has 5 heteroatoms. The minimum Gasteiger partial charge on any atom is -0.492 e. The highest BCUT2D eigenvalue weighted by molar-refractivity contribution is 7.80. The van der Waals surface area contributed by atoms with Crippen LogP contribution < -0.4 is 15.0 Å². The van der Waals surface area contributed by atoms with Gasteiger partial charge in [0.2, 0.25) is 0 Å². The van der Waals surface area contributed by atoms with Crippen LogP contribution in [0.25, 0.3) is 0 Å². The summed E-state index contributed by atoms with van der Waals surface area (Å²) in [5.41, 5.74) is 5.02. The predicted molar refractivity (Wildman–Crippen MR) is 123 cm³/mol. The summed E-state index contributed by atoms with van der Waals surface area (Å²) in [6.45, 7) is 10.8. The molecule has 1 fully saturated rings. The normalized spacial score (nSPS) is 14.1. The van der Waals surface area contributed by atoms with Crippen molar-refractivity contribution in [3.05, 3.63) is 53.6 Å². The predicted octanol–water partition coefficient (Wildman–Crippen LogP) is 4.73. The second-order valence-corrected chi connectivity index (χ2v) is 7.35. The number of nitrogens with zero attached hydrogens (tertiary/aromatic N) is 2. The van der Waals surface area contributed by atoms with Gasteiger partial charge in [-0.15, -0.1) is 0 Å². The lowest BCUT2D eigenvalue weighted by Gasteiger charge is -2.38. The standard InChI is InChI=1S/C23H31N3OS/c1-4-18-10-9-11-19(5-2)22(18)24-23(28)26-16-14-25(15-17-26)20-12-7-8-13-21(20)27-6-3/h7-13H,4-6,14-17H2,1-3H3,(H,24,28). The Kier molecular flexibility index (Phi) is 7.15. The van der Waals surface area contributed by atoms with Crippen molar-refractivity contribution in [2.45, 2.75) is 33.6 Å². The fraction of sp³-hybridized carbons (Fsp3) is 0.435. The van der Waals surface area contributed by atoms with E-state index in [9.17, 15) is 0 Å². The Morgan fingerprint density at radius 2 is 1.57 bits per heavy atom. The molecule has 3 rings (SSSR count). The average Bonchev–Trinajstić information content (AvgIpc) is 2.74. The van der Waals surface area contributed by atoms with Gasteiger partial charge < -0.3 is 19.9 Å². The zero-order valence-electron chi connectivity index (χ0n) is 17.2. The Morgan fingerprint density at radius 1 is 0.929 bits per heavy atom. The van der Waals surface area contributed by atoms with Gasteiger partial charge in [-0.3, -0.25) is 0 Å². The fourth-order valence-corrected chi connectivity index (χ4v) is 4.02. The van der Waals surface area contributed by atoms with Gasteiger partial charge in [0, 0.05) is 31.9 Å². The smallest absolute Gasteiger partial charge is 0.173 e. The van der Waals surface area contributed by atoms with Crippen LogP contribution >= 0.6 is 12.2 Å². The maximum absolute atomic E-state index is 5.80. The Labute approximate surface area is 174 Å². The molecule has 0 radical (unpaired) electrons. The van der Waals surface area contributed by atoms with Crippen molar-refractivity contribution in [1.29, 1.82) is 0 Å². The highest BCUT2D eigenvalue weighted by atomic mass is 32.1. The number of para-hydroxylation sites is 3. The summed E-state index contributed by atoms with van der Waals surface area (Å²) in [5, 5.41) is 4.38. The zero-order valence-corrected chi connectivity index (χ0v) is 18.0. The number of piperazine rings is 1. The first kappa shape index (κ1) is 20.5. The van der Waals surface area contributed by atoms with E-state index in [1.54, 1.807) is 0 Å². The largest absolute Gasteiger partial charge is 0.492 e. The van der Waals surface area contributed by atoms with Gasteiger partial charge in [0.05, 0.1) is 12.3 Å². The molecule has 0 bridgehead atoms. The van der Waals surface area contributed by atoms with Crippen LogP contribution in [0.2, 0.25) is 0 Å². The van der Waals surface area contributed by atoms with Crippen LogP contribution in [-0.4, -0.2) is 42.8 Å². The van der Waals surface area contributed by atoms with Crippen molar-refractivity contribution < 1.29 is 4.74 Å². The van der Waals surface area contributed by atoms with Crippen LogP contribution in [0.1, 0.15) is 31.9 Å². The summed E-state index contributed by atoms with van der Waals surface area (Å²) in [6.07, 6.45) is 2.00. The lowest BCUT2D eigenvalue weighted by molar-refractivity contribution is 0.336. The summed E-state index contributed by atoms with van der Waals surface area (Å²) in [5.74, 6) is 0.962. The minimum atomic E-state index is 0.682. The van der Waals surface area contributed by atoms with Gasteiger partial charge in [-0.25, -0.2) is 0 Å². The quantitative estimate of drug-likeness (QED) is 0.712. The molecule has 2 aromatic carbocycles. The molecule has 1 aliphatic rings. The molecule has 0 amide bonds. The molecule has 2 aromatic rings. The van der Waals surface area contributed by atoms with Gasteiger partial charge in [0.15, 0.2) is 5.11 Å². The maximum atomic E-state index is 5.80. The molecule has 150 valence electrons. The van der Waals surface area contributed by atoms with Crippen molar-refractivity contribution in [3.8, 4) is 5.75 Å². The van der Waals surface area contributed by atoms with E-state index in [4.69, 9.17) is 17.0 Å². The number of anilines is 2. The van der Waals surface area contributed by atoms with Gasteiger partial charge in [-0.05, 0) is 55.2 Å². The topological polar surface area (TPSA) is 27.7 Å². The molecule has 0 aromatic heterocycles. The van der Waals surface area contributed by atoms with E-state index in [1.165, 1.54) is 22.5 Å². The first-order valence-electron chi connectivity index (χ1n) is 10.3. The van der Waals surface area contributed by atoms with Crippen LogP contribution in [-0.2, 0) is 12.8 Å².